The number of carbonyl (C=O) groups excluding carboxylic acids is 1. The molecule has 0 fully saturated rings. The van der Waals surface area contributed by atoms with Gasteiger partial charge in [-0.3, -0.25) is 4.79 Å². The van der Waals surface area contributed by atoms with Crippen LogP contribution in [-0.4, -0.2) is 20.1 Å². The number of nitriles is 1. The topological polar surface area (TPSA) is 71.3 Å². The van der Waals surface area contributed by atoms with Crippen LogP contribution in [-0.2, 0) is 4.79 Å². The molecule has 2 aromatic rings. The molecular formula is C18H13BrCl2N2O3. The molecule has 0 saturated carbocycles. The Kier molecular flexibility index (Phi) is 6.92. The van der Waals surface area contributed by atoms with Crippen molar-refractivity contribution in [2.24, 2.45) is 0 Å². The van der Waals surface area contributed by atoms with Crippen molar-refractivity contribution in [3.05, 3.63) is 56.0 Å². The first-order valence-electron chi connectivity index (χ1n) is 7.20. The maximum Gasteiger partial charge on any atom is 0.266 e. The standard InChI is InChI=1S/C18H13BrCl2N2O3/c1-25-15-7-10(12(19)8-16(15)26-2)6-11(9-22)18(24)23-14-5-3-4-13(20)17(14)21/h3-8H,1-2H3,(H,23,24)/b11-6-. The Morgan fingerprint density at radius 3 is 2.50 bits per heavy atom. The summed E-state index contributed by atoms with van der Waals surface area (Å²) >= 11 is 15.4. The molecule has 0 heterocycles. The first-order chi connectivity index (χ1) is 12.4. The Morgan fingerprint density at radius 1 is 1.23 bits per heavy atom. The highest BCUT2D eigenvalue weighted by molar-refractivity contribution is 9.10. The predicted octanol–water partition coefficient (Wildman–Crippen LogP) is 5.32. The minimum atomic E-state index is -0.613. The van der Waals surface area contributed by atoms with Crippen LogP contribution in [0.4, 0.5) is 5.69 Å². The third-order valence-corrected chi connectivity index (χ3v) is 4.87. The molecule has 8 heteroatoms. The Balaban J connectivity index is 2.37. The van der Waals surface area contributed by atoms with Gasteiger partial charge in [-0.25, -0.2) is 0 Å². The highest BCUT2D eigenvalue weighted by atomic mass is 79.9. The summed E-state index contributed by atoms with van der Waals surface area (Å²) in [5.41, 5.74) is 0.775. The van der Waals surface area contributed by atoms with Crippen molar-refractivity contribution in [2.45, 2.75) is 0 Å². The number of methoxy groups -OCH3 is 2. The molecule has 0 bridgehead atoms. The van der Waals surface area contributed by atoms with Gasteiger partial charge in [0.05, 0.1) is 30.0 Å². The Bertz CT molecular complexity index is 923. The van der Waals surface area contributed by atoms with E-state index in [4.69, 9.17) is 32.7 Å². The van der Waals surface area contributed by atoms with Crippen LogP contribution in [0.2, 0.25) is 10.0 Å². The Labute approximate surface area is 169 Å². The molecular weight excluding hydrogens is 443 g/mol. The zero-order chi connectivity index (χ0) is 19.3. The van der Waals surface area contributed by atoms with Crippen LogP contribution < -0.4 is 14.8 Å². The predicted molar refractivity (Wildman–Crippen MR) is 106 cm³/mol. The van der Waals surface area contributed by atoms with E-state index in [2.05, 4.69) is 21.2 Å². The minimum Gasteiger partial charge on any atom is -0.493 e. The highest BCUT2D eigenvalue weighted by Crippen LogP contribution is 2.34. The molecule has 1 amide bonds. The van der Waals surface area contributed by atoms with Crippen molar-refractivity contribution in [2.75, 3.05) is 19.5 Å². The number of amides is 1. The lowest BCUT2D eigenvalue weighted by molar-refractivity contribution is -0.112. The van der Waals surface area contributed by atoms with Crippen LogP contribution in [0.15, 0.2) is 40.4 Å². The second-order valence-electron chi connectivity index (χ2n) is 4.95. The number of anilines is 1. The molecule has 2 aromatic carbocycles. The molecule has 0 radical (unpaired) electrons. The van der Waals surface area contributed by atoms with Gasteiger partial charge in [-0.1, -0.05) is 45.2 Å². The lowest BCUT2D eigenvalue weighted by Gasteiger charge is -2.11. The maximum absolute atomic E-state index is 12.4. The van der Waals surface area contributed by atoms with E-state index < -0.39 is 5.91 Å². The molecule has 1 N–H and O–H groups in total. The summed E-state index contributed by atoms with van der Waals surface area (Å²) in [6.07, 6.45) is 1.43. The fourth-order valence-corrected chi connectivity index (χ4v) is 2.86. The van der Waals surface area contributed by atoms with E-state index in [9.17, 15) is 10.1 Å². The molecule has 2 rings (SSSR count). The lowest BCUT2D eigenvalue weighted by atomic mass is 10.1. The molecule has 0 aliphatic carbocycles. The van der Waals surface area contributed by atoms with Gasteiger partial charge in [0.15, 0.2) is 11.5 Å². The molecule has 26 heavy (non-hydrogen) atoms. The van der Waals surface area contributed by atoms with Gasteiger partial charge >= 0.3 is 0 Å². The zero-order valence-electron chi connectivity index (χ0n) is 13.8. The third-order valence-electron chi connectivity index (χ3n) is 3.37. The fraction of sp³-hybridized carbons (Fsp3) is 0.111. The van der Waals surface area contributed by atoms with E-state index in [1.54, 1.807) is 30.3 Å². The smallest absolute Gasteiger partial charge is 0.266 e. The van der Waals surface area contributed by atoms with Crippen LogP contribution in [0.3, 0.4) is 0 Å². The third kappa shape index (κ3) is 4.50. The average molecular weight is 456 g/mol. The molecule has 0 aliphatic rings. The number of ether oxygens (including phenoxy) is 2. The second kappa shape index (κ2) is 8.95. The van der Waals surface area contributed by atoms with E-state index in [0.717, 1.165) is 0 Å². The minimum absolute atomic E-state index is 0.117. The first-order valence-corrected chi connectivity index (χ1v) is 8.74. The van der Waals surface area contributed by atoms with Gasteiger partial charge in [0.2, 0.25) is 0 Å². The summed E-state index contributed by atoms with van der Waals surface area (Å²) < 4.78 is 11.1. The van der Waals surface area contributed by atoms with Crippen LogP contribution in [0.25, 0.3) is 6.08 Å². The Hall–Kier alpha value is -2.20. The summed E-state index contributed by atoms with van der Waals surface area (Å²) in [5, 5.41) is 12.4. The lowest BCUT2D eigenvalue weighted by Crippen LogP contribution is -2.13. The van der Waals surface area contributed by atoms with Gasteiger partial charge in [0.25, 0.3) is 5.91 Å². The second-order valence-corrected chi connectivity index (χ2v) is 6.59. The molecule has 0 unspecified atom stereocenters. The molecule has 5 nitrogen and oxygen atoms in total. The summed E-state index contributed by atoms with van der Waals surface area (Å²) in [6, 6.07) is 10.0. The van der Waals surface area contributed by atoms with Crippen molar-refractivity contribution in [1.29, 1.82) is 5.26 Å². The van der Waals surface area contributed by atoms with Crippen LogP contribution in [0.5, 0.6) is 11.5 Å². The molecule has 0 spiro atoms. The Morgan fingerprint density at radius 2 is 1.88 bits per heavy atom. The van der Waals surface area contributed by atoms with Crippen molar-refractivity contribution >= 4 is 56.8 Å². The van der Waals surface area contributed by atoms with Gasteiger partial charge < -0.3 is 14.8 Å². The van der Waals surface area contributed by atoms with Gasteiger partial charge in [0.1, 0.15) is 11.6 Å². The van der Waals surface area contributed by atoms with Crippen molar-refractivity contribution < 1.29 is 14.3 Å². The number of nitrogens with one attached hydrogen (secondary N) is 1. The number of hydrogen-bond acceptors (Lipinski definition) is 4. The number of halogens is 3. The van der Waals surface area contributed by atoms with Gasteiger partial charge in [-0.2, -0.15) is 5.26 Å². The number of hydrogen-bond donors (Lipinski definition) is 1. The van der Waals surface area contributed by atoms with Crippen LogP contribution in [0, 0.1) is 11.3 Å². The van der Waals surface area contributed by atoms with Gasteiger partial charge in [-0.05, 0) is 35.9 Å². The number of nitrogens with zero attached hydrogens (tertiary/aromatic N) is 1. The van der Waals surface area contributed by atoms with E-state index in [0.29, 0.717) is 32.2 Å². The van der Waals surface area contributed by atoms with Gasteiger partial charge in [-0.15, -0.1) is 0 Å². The molecule has 0 saturated heterocycles. The molecule has 0 atom stereocenters. The van der Waals surface area contributed by atoms with E-state index in [1.807, 2.05) is 6.07 Å². The maximum atomic E-state index is 12.4. The first kappa shape index (κ1) is 20.1. The number of benzene rings is 2. The summed E-state index contributed by atoms with van der Waals surface area (Å²) in [5.74, 6) is 0.376. The van der Waals surface area contributed by atoms with Gasteiger partial charge in [0, 0.05) is 4.47 Å². The number of carbonyl (C=O) groups is 1. The van der Waals surface area contributed by atoms with Crippen molar-refractivity contribution in [1.82, 2.24) is 0 Å². The average Bonchev–Trinajstić information content (AvgIpc) is 2.64. The molecule has 0 aliphatic heterocycles. The normalized spacial score (nSPS) is 10.8. The summed E-state index contributed by atoms with van der Waals surface area (Å²) in [7, 11) is 3.01. The number of rotatable bonds is 5. The van der Waals surface area contributed by atoms with Crippen molar-refractivity contribution in [3.63, 3.8) is 0 Å². The SMILES string of the molecule is COc1cc(Br)c(/C=C(/C#N)C(=O)Nc2cccc(Cl)c2Cl)cc1OC. The molecule has 134 valence electrons. The summed E-state index contributed by atoms with van der Waals surface area (Å²) in [6.45, 7) is 0. The van der Waals surface area contributed by atoms with E-state index in [-0.39, 0.29) is 10.6 Å². The quantitative estimate of drug-likeness (QED) is 0.489. The highest BCUT2D eigenvalue weighted by Gasteiger charge is 2.15. The van der Waals surface area contributed by atoms with Crippen molar-refractivity contribution in [3.8, 4) is 17.6 Å². The molecule has 0 aromatic heterocycles. The van der Waals surface area contributed by atoms with Crippen LogP contribution >= 0.6 is 39.1 Å². The van der Waals surface area contributed by atoms with E-state index in [1.165, 1.54) is 20.3 Å². The monoisotopic (exact) mass is 454 g/mol. The largest absolute Gasteiger partial charge is 0.493 e. The van der Waals surface area contributed by atoms with Crippen LogP contribution in [0.1, 0.15) is 5.56 Å². The van der Waals surface area contributed by atoms with E-state index >= 15 is 0 Å². The summed E-state index contributed by atoms with van der Waals surface area (Å²) in [4.78, 5) is 12.4. The fourth-order valence-electron chi connectivity index (χ4n) is 2.07. The zero-order valence-corrected chi connectivity index (χ0v) is 16.9.